The summed E-state index contributed by atoms with van der Waals surface area (Å²) < 4.78 is 23.5. The van der Waals surface area contributed by atoms with Gasteiger partial charge < -0.3 is 28.7 Å². The van der Waals surface area contributed by atoms with Crippen LogP contribution in [0.5, 0.6) is 11.8 Å². The average Bonchev–Trinajstić information content (AvgIpc) is 2.91. The molecule has 2 aliphatic heterocycles. The second kappa shape index (κ2) is 14.2. The summed E-state index contributed by atoms with van der Waals surface area (Å²) in [4.78, 5) is 12.8. The van der Waals surface area contributed by atoms with Gasteiger partial charge in [-0.25, -0.2) is 9.97 Å². The van der Waals surface area contributed by atoms with Crippen LogP contribution in [0, 0.1) is 22.7 Å². The Hall–Kier alpha value is -2.64. The summed E-state index contributed by atoms with van der Waals surface area (Å²) in [7, 11) is 0. The molecule has 2 aromatic heterocycles. The molecule has 2 aliphatic rings. The number of morpholine rings is 2. The maximum atomic E-state index is 8.81. The molecule has 192 valence electrons. The maximum Gasteiger partial charge on any atom is 0.238 e. The minimum atomic E-state index is -0.515. The fraction of sp³-hybridized carbons (Fsp3) is 0.500. The van der Waals surface area contributed by atoms with E-state index in [1.807, 2.05) is 24.3 Å². The molecule has 0 amide bonds. The summed E-state index contributed by atoms with van der Waals surface area (Å²) in [5.41, 5.74) is 1.80. The molecule has 0 N–H and O–H groups in total. The fourth-order valence-corrected chi connectivity index (χ4v) is 4.10. The van der Waals surface area contributed by atoms with Crippen LogP contribution >= 0.6 is 31.9 Å². The van der Waals surface area contributed by atoms with Gasteiger partial charge in [0.25, 0.3) is 0 Å². The summed E-state index contributed by atoms with van der Waals surface area (Å²) in [6, 6.07) is 7.99. The zero-order valence-corrected chi connectivity index (χ0v) is 23.4. The van der Waals surface area contributed by atoms with Crippen molar-refractivity contribution in [2.75, 3.05) is 62.4 Å². The molecule has 2 saturated heterocycles. The molecular weight excluding hydrogens is 596 g/mol. The molecule has 0 radical (unpaired) electrons. The third-order valence-electron chi connectivity index (χ3n) is 5.24. The number of rotatable bonds is 6. The summed E-state index contributed by atoms with van der Waals surface area (Å²) in [6.07, 6.45) is 2.31. The van der Waals surface area contributed by atoms with E-state index in [0.717, 1.165) is 46.5 Å². The number of nitriles is 2. The number of hydrogen-bond donors (Lipinski definition) is 0. The molecule has 0 bridgehead atoms. The van der Waals surface area contributed by atoms with Crippen LogP contribution in [-0.4, -0.2) is 74.8 Å². The Bertz CT molecular complexity index is 996. The van der Waals surface area contributed by atoms with Crippen LogP contribution in [0.3, 0.4) is 0 Å². The second-order valence-electron chi connectivity index (χ2n) is 7.93. The van der Waals surface area contributed by atoms with E-state index in [9.17, 15) is 0 Å². The predicted octanol–water partition coefficient (Wildman–Crippen LogP) is 3.94. The van der Waals surface area contributed by atoms with E-state index in [1.165, 1.54) is 0 Å². The predicted molar refractivity (Wildman–Crippen MR) is 141 cm³/mol. The smallest absolute Gasteiger partial charge is 0.238 e. The van der Waals surface area contributed by atoms with E-state index in [4.69, 9.17) is 29.5 Å². The Balaban J connectivity index is 0.000000201. The number of hydrogen-bond acceptors (Lipinski definition) is 10. The molecule has 2 atom stereocenters. The van der Waals surface area contributed by atoms with Crippen LogP contribution in [-0.2, 0) is 9.47 Å². The SMILES string of the molecule is C[C@@H](C#N)Oc1ncc(Br)cc1N1CCOCC1.C[C@H](C#N)Oc1ncc(Br)cc1N1CCOCC1. The van der Waals surface area contributed by atoms with Crippen molar-refractivity contribution < 1.29 is 18.9 Å². The molecule has 4 rings (SSSR count). The molecule has 10 nitrogen and oxygen atoms in total. The highest BCUT2D eigenvalue weighted by Crippen LogP contribution is 2.31. The molecule has 0 unspecified atom stereocenters. The minimum Gasteiger partial charge on any atom is -0.458 e. The third kappa shape index (κ3) is 8.20. The molecule has 4 heterocycles. The highest BCUT2D eigenvalue weighted by atomic mass is 79.9. The second-order valence-corrected chi connectivity index (χ2v) is 9.76. The van der Waals surface area contributed by atoms with Crippen molar-refractivity contribution in [3.05, 3.63) is 33.5 Å². The van der Waals surface area contributed by atoms with Gasteiger partial charge in [0.15, 0.2) is 12.2 Å². The lowest BCUT2D eigenvalue weighted by Crippen LogP contribution is -2.36. The lowest BCUT2D eigenvalue weighted by atomic mass is 10.3. The van der Waals surface area contributed by atoms with Gasteiger partial charge in [-0.15, -0.1) is 0 Å². The van der Waals surface area contributed by atoms with Gasteiger partial charge in [0.2, 0.25) is 11.8 Å². The Morgan fingerprint density at radius 1 is 0.778 bits per heavy atom. The van der Waals surface area contributed by atoms with E-state index in [1.54, 1.807) is 26.2 Å². The van der Waals surface area contributed by atoms with Crippen molar-refractivity contribution in [3.63, 3.8) is 0 Å². The number of anilines is 2. The maximum absolute atomic E-state index is 8.81. The zero-order valence-electron chi connectivity index (χ0n) is 20.2. The van der Waals surface area contributed by atoms with Crippen molar-refractivity contribution in [1.82, 2.24) is 9.97 Å². The van der Waals surface area contributed by atoms with Gasteiger partial charge >= 0.3 is 0 Å². The molecular formula is C24H28Br2N6O4. The Labute approximate surface area is 228 Å². The normalized spacial score (nSPS) is 17.1. The number of ether oxygens (including phenoxy) is 4. The number of nitrogens with zero attached hydrogens (tertiary/aromatic N) is 6. The first kappa shape index (κ1) is 27.9. The van der Waals surface area contributed by atoms with Gasteiger partial charge in [-0.1, -0.05) is 0 Å². The number of pyridine rings is 2. The molecule has 0 saturated carbocycles. The monoisotopic (exact) mass is 622 g/mol. The van der Waals surface area contributed by atoms with E-state index in [-0.39, 0.29) is 0 Å². The van der Waals surface area contributed by atoms with Crippen LogP contribution < -0.4 is 19.3 Å². The fourth-order valence-electron chi connectivity index (χ4n) is 3.46. The van der Waals surface area contributed by atoms with Gasteiger partial charge in [-0.05, 0) is 57.8 Å². The molecule has 0 aliphatic carbocycles. The summed E-state index contributed by atoms with van der Waals surface area (Å²) in [6.45, 7) is 9.38. The van der Waals surface area contributed by atoms with Gasteiger partial charge in [-0.3, -0.25) is 0 Å². The molecule has 0 aromatic carbocycles. The van der Waals surface area contributed by atoms with Crippen molar-refractivity contribution in [1.29, 1.82) is 10.5 Å². The first-order valence-electron chi connectivity index (χ1n) is 11.5. The number of halogens is 2. The van der Waals surface area contributed by atoms with Crippen molar-refractivity contribution >= 4 is 43.2 Å². The molecule has 2 aromatic rings. The van der Waals surface area contributed by atoms with Gasteiger partial charge in [0.05, 0.1) is 26.4 Å². The highest BCUT2D eigenvalue weighted by Gasteiger charge is 2.20. The Morgan fingerprint density at radius 2 is 1.14 bits per heavy atom. The van der Waals surface area contributed by atoms with Gasteiger partial charge in [0, 0.05) is 47.5 Å². The van der Waals surface area contributed by atoms with E-state index in [0.29, 0.717) is 38.2 Å². The van der Waals surface area contributed by atoms with E-state index < -0.39 is 12.2 Å². The largest absolute Gasteiger partial charge is 0.458 e. The van der Waals surface area contributed by atoms with Crippen molar-refractivity contribution in [2.24, 2.45) is 0 Å². The average molecular weight is 624 g/mol. The lowest BCUT2D eigenvalue weighted by Gasteiger charge is -2.30. The van der Waals surface area contributed by atoms with Crippen LogP contribution in [0.1, 0.15) is 13.8 Å². The van der Waals surface area contributed by atoms with Crippen molar-refractivity contribution in [3.8, 4) is 23.9 Å². The van der Waals surface area contributed by atoms with E-state index in [2.05, 4.69) is 51.6 Å². The quantitative estimate of drug-likeness (QED) is 0.468. The zero-order chi connectivity index (χ0) is 25.9. The molecule has 2 fully saturated rings. The molecule has 36 heavy (non-hydrogen) atoms. The Kier molecular flexibility index (Phi) is 11.0. The third-order valence-corrected chi connectivity index (χ3v) is 6.11. The van der Waals surface area contributed by atoms with Crippen LogP contribution in [0.25, 0.3) is 0 Å². The topological polar surface area (TPSA) is 117 Å². The molecule has 0 spiro atoms. The van der Waals surface area contributed by atoms with Crippen LogP contribution in [0.4, 0.5) is 11.4 Å². The van der Waals surface area contributed by atoms with Gasteiger partial charge in [0.1, 0.15) is 23.5 Å². The van der Waals surface area contributed by atoms with E-state index >= 15 is 0 Å². The highest BCUT2D eigenvalue weighted by molar-refractivity contribution is 9.10. The lowest BCUT2D eigenvalue weighted by molar-refractivity contribution is 0.122. The van der Waals surface area contributed by atoms with Crippen molar-refractivity contribution in [2.45, 2.75) is 26.1 Å². The van der Waals surface area contributed by atoms with Crippen LogP contribution in [0.15, 0.2) is 33.5 Å². The summed E-state index contributed by atoms with van der Waals surface area (Å²) in [5.74, 6) is 0.989. The number of aromatic nitrogens is 2. The molecule has 12 heteroatoms. The van der Waals surface area contributed by atoms with Gasteiger partial charge in [-0.2, -0.15) is 10.5 Å². The first-order valence-corrected chi connectivity index (χ1v) is 13.1. The van der Waals surface area contributed by atoms with Crippen LogP contribution in [0.2, 0.25) is 0 Å². The standard InChI is InChI=1S/2C12H14BrN3O2/c2*1-9(7-14)18-12-11(6-10(13)8-15-12)16-2-4-17-5-3-16/h2*6,8-9H,2-5H2,1H3/t2*9-/m10/s1. The summed E-state index contributed by atoms with van der Waals surface area (Å²) in [5, 5.41) is 17.6. The summed E-state index contributed by atoms with van der Waals surface area (Å²) >= 11 is 6.81. The Morgan fingerprint density at radius 3 is 1.47 bits per heavy atom. The minimum absolute atomic E-state index is 0.495. The first-order chi connectivity index (χ1) is 17.4.